The minimum Gasteiger partial charge on any atom is -0.457 e. The lowest BCUT2D eigenvalue weighted by molar-refractivity contribution is -0.0328. The molecule has 2 saturated heterocycles. The van der Waals surface area contributed by atoms with Crippen molar-refractivity contribution in [1.29, 1.82) is 0 Å². The third kappa shape index (κ3) is 7.53. The van der Waals surface area contributed by atoms with E-state index in [1.54, 1.807) is 0 Å². The molecule has 0 radical (unpaired) electrons. The first kappa shape index (κ1) is 24.6. The van der Waals surface area contributed by atoms with Crippen molar-refractivity contribution < 1.29 is 39.4 Å². The number of hydrogen-bond acceptors (Lipinski definition) is 8. The number of fused-ring (bicyclic) bond motifs is 2. The Hall–Kier alpha value is -2.04. The summed E-state index contributed by atoms with van der Waals surface area (Å²) in [5.74, 6) is 1.98. The quantitative estimate of drug-likeness (QED) is 0.378. The van der Waals surface area contributed by atoms with Crippen molar-refractivity contribution >= 4 is 0 Å². The van der Waals surface area contributed by atoms with Gasteiger partial charge in [-0.25, -0.2) is 0 Å². The zero-order chi connectivity index (χ0) is 22.8. The van der Waals surface area contributed by atoms with Crippen LogP contribution >= 0.6 is 0 Å². The Morgan fingerprint density at radius 2 is 1.12 bits per heavy atom. The van der Waals surface area contributed by atoms with Gasteiger partial charge in [-0.2, -0.15) is 0 Å². The smallest absolute Gasteiger partial charge is 0.130 e. The number of para-hydroxylation sites is 2. The van der Waals surface area contributed by atoms with Gasteiger partial charge in [0.1, 0.15) is 23.7 Å². The zero-order valence-corrected chi connectivity index (χ0v) is 18.1. The van der Waals surface area contributed by atoms with Crippen LogP contribution < -0.4 is 4.74 Å². The largest absolute Gasteiger partial charge is 0.457 e. The van der Waals surface area contributed by atoms with E-state index in [1.165, 1.54) is 11.1 Å². The maximum absolute atomic E-state index is 8.50. The second kappa shape index (κ2) is 12.3. The lowest BCUT2D eigenvalue weighted by Crippen LogP contribution is -2.37. The number of ether oxygens (including phenoxy) is 4. The van der Waals surface area contributed by atoms with Crippen molar-refractivity contribution in [3.63, 3.8) is 0 Å². The van der Waals surface area contributed by atoms with Gasteiger partial charge in [0.05, 0.1) is 58.3 Å². The molecule has 0 spiro atoms. The Labute approximate surface area is 187 Å². The fourth-order valence-electron chi connectivity index (χ4n) is 2.78. The third-order valence-electron chi connectivity index (χ3n) is 5.30. The molecule has 8 nitrogen and oxygen atoms in total. The predicted octanol–water partition coefficient (Wildman–Crippen LogP) is 1.13. The molecule has 5 rings (SSSR count). The highest BCUT2D eigenvalue weighted by Crippen LogP contribution is 2.35. The molecule has 2 fully saturated rings. The van der Waals surface area contributed by atoms with Gasteiger partial charge in [0.25, 0.3) is 0 Å². The molecule has 8 heteroatoms. The Morgan fingerprint density at radius 3 is 1.47 bits per heavy atom. The summed E-state index contributed by atoms with van der Waals surface area (Å²) in [6.45, 7) is 1.64. The number of hydrogen-bond donors (Lipinski definition) is 4. The SMILES string of the molecule is C(OCC1CO1)C1CO1.OCC(CO)(CO)CO.c1ccc2c(c1)Cc1ccccc1O2. The van der Waals surface area contributed by atoms with Crippen molar-refractivity contribution in [2.24, 2.45) is 5.41 Å². The average molecular weight is 449 g/mol. The van der Waals surface area contributed by atoms with Gasteiger partial charge in [-0.15, -0.1) is 0 Å². The summed E-state index contributed by atoms with van der Waals surface area (Å²) in [6, 6.07) is 16.4. The molecule has 0 aromatic heterocycles. The van der Waals surface area contributed by atoms with E-state index in [-0.39, 0.29) is 0 Å². The highest BCUT2D eigenvalue weighted by atomic mass is 16.6. The van der Waals surface area contributed by atoms with Gasteiger partial charge in [-0.05, 0) is 23.3 Å². The summed E-state index contributed by atoms with van der Waals surface area (Å²) >= 11 is 0. The van der Waals surface area contributed by atoms with Crippen LogP contribution in [-0.4, -0.2) is 85.5 Å². The fraction of sp³-hybridized carbons (Fsp3) is 0.500. The summed E-state index contributed by atoms with van der Waals surface area (Å²) in [5.41, 5.74) is 1.43. The highest BCUT2D eigenvalue weighted by molar-refractivity contribution is 5.49. The lowest BCUT2D eigenvalue weighted by atomic mass is 9.93. The monoisotopic (exact) mass is 448 g/mol. The van der Waals surface area contributed by atoms with E-state index in [1.807, 2.05) is 24.3 Å². The maximum atomic E-state index is 8.50. The first-order chi connectivity index (χ1) is 15.6. The molecule has 0 bridgehead atoms. The molecular weight excluding hydrogens is 416 g/mol. The van der Waals surface area contributed by atoms with Crippen LogP contribution in [-0.2, 0) is 20.6 Å². The molecule has 0 amide bonds. The van der Waals surface area contributed by atoms with Crippen molar-refractivity contribution in [1.82, 2.24) is 0 Å². The maximum Gasteiger partial charge on any atom is 0.130 e. The zero-order valence-electron chi connectivity index (χ0n) is 18.1. The molecule has 4 N–H and O–H groups in total. The second-order valence-electron chi connectivity index (χ2n) is 8.07. The van der Waals surface area contributed by atoms with Gasteiger partial charge >= 0.3 is 0 Å². The summed E-state index contributed by atoms with van der Waals surface area (Å²) in [6.07, 6.45) is 1.76. The number of aliphatic hydroxyl groups is 4. The van der Waals surface area contributed by atoms with Crippen molar-refractivity contribution in [3.8, 4) is 11.5 Å². The van der Waals surface area contributed by atoms with Crippen molar-refractivity contribution in [2.75, 3.05) is 52.9 Å². The number of rotatable bonds is 8. The van der Waals surface area contributed by atoms with Crippen LogP contribution in [0.1, 0.15) is 11.1 Å². The molecule has 3 heterocycles. The second-order valence-corrected chi connectivity index (χ2v) is 8.07. The Morgan fingerprint density at radius 1 is 0.719 bits per heavy atom. The van der Waals surface area contributed by atoms with Gasteiger partial charge in [-0.3, -0.25) is 0 Å². The third-order valence-corrected chi connectivity index (χ3v) is 5.30. The minimum absolute atomic E-state index is 0.392. The van der Waals surface area contributed by atoms with E-state index < -0.39 is 31.8 Å². The van der Waals surface area contributed by atoms with Crippen LogP contribution in [0.25, 0.3) is 0 Å². The van der Waals surface area contributed by atoms with Gasteiger partial charge in [0, 0.05) is 6.42 Å². The molecule has 176 valence electrons. The van der Waals surface area contributed by atoms with Crippen LogP contribution in [0.2, 0.25) is 0 Å². The Balaban J connectivity index is 0.000000142. The average Bonchev–Trinajstić information content (AvgIpc) is 3.77. The first-order valence-corrected chi connectivity index (χ1v) is 10.7. The van der Waals surface area contributed by atoms with Gasteiger partial charge in [0.15, 0.2) is 0 Å². The molecule has 3 aliphatic rings. The number of aliphatic hydroxyl groups excluding tert-OH is 4. The summed E-state index contributed by atoms with van der Waals surface area (Å²) in [7, 11) is 0. The molecule has 0 saturated carbocycles. The number of benzene rings is 2. The molecule has 2 aromatic carbocycles. The van der Waals surface area contributed by atoms with Gasteiger partial charge in [0.2, 0.25) is 0 Å². The minimum atomic E-state index is -1.11. The molecule has 2 atom stereocenters. The fourth-order valence-corrected chi connectivity index (χ4v) is 2.78. The molecule has 0 aliphatic carbocycles. The van der Waals surface area contributed by atoms with Crippen LogP contribution in [0.4, 0.5) is 0 Å². The normalized spacial score (nSPS) is 19.8. The first-order valence-electron chi connectivity index (χ1n) is 10.7. The van der Waals surface area contributed by atoms with Gasteiger partial charge < -0.3 is 39.4 Å². The Bertz CT molecular complexity index is 698. The van der Waals surface area contributed by atoms with Crippen molar-refractivity contribution in [2.45, 2.75) is 18.6 Å². The standard InChI is InChI=1S/C13H10O.C6H10O3.C5H12O4/c1-3-7-12-10(5-1)9-11-6-2-4-8-13(11)14-12;1(5-3-8-5)7-2-6-4-9-6;6-1-5(2-7,3-8)4-9/h1-8H,9H2;5-6H,1-4H2;6-9H,1-4H2. The topological polar surface area (TPSA) is 124 Å². The molecule has 3 aliphatic heterocycles. The van der Waals surface area contributed by atoms with Crippen LogP contribution in [0, 0.1) is 5.41 Å². The van der Waals surface area contributed by atoms with E-state index >= 15 is 0 Å². The molecule has 2 unspecified atom stereocenters. The van der Waals surface area contributed by atoms with Crippen molar-refractivity contribution in [3.05, 3.63) is 59.7 Å². The van der Waals surface area contributed by atoms with Crippen LogP contribution in [0.3, 0.4) is 0 Å². The summed E-state index contributed by atoms with van der Waals surface area (Å²) in [5, 5.41) is 34.0. The molecule has 2 aromatic rings. The Kier molecular flexibility index (Phi) is 9.43. The van der Waals surface area contributed by atoms with E-state index in [0.29, 0.717) is 12.2 Å². The van der Waals surface area contributed by atoms with Crippen LogP contribution in [0.15, 0.2) is 48.5 Å². The van der Waals surface area contributed by atoms with Gasteiger partial charge in [-0.1, -0.05) is 36.4 Å². The van der Waals surface area contributed by atoms with E-state index in [2.05, 4.69) is 24.3 Å². The van der Waals surface area contributed by atoms with E-state index in [4.69, 9.17) is 39.4 Å². The predicted molar refractivity (Wildman–Crippen MR) is 117 cm³/mol. The summed E-state index contributed by atoms with van der Waals surface area (Å²) < 4.78 is 20.9. The van der Waals surface area contributed by atoms with Crippen LogP contribution in [0.5, 0.6) is 11.5 Å². The molecular formula is C24H32O8. The van der Waals surface area contributed by atoms with E-state index in [0.717, 1.165) is 44.3 Å². The number of epoxide rings is 2. The lowest BCUT2D eigenvalue weighted by Gasteiger charge is -2.23. The molecule has 32 heavy (non-hydrogen) atoms. The summed E-state index contributed by atoms with van der Waals surface area (Å²) in [4.78, 5) is 0. The van der Waals surface area contributed by atoms with E-state index in [9.17, 15) is 0 Å². The highest BCUT2D eigenvalue weighted by Gasteiger charge is 2.27.